The van der Waals surface area contributed by atoms with Crippen LogP contribution in [0.3, 0.4) is 0 Å². The molecular weight excluding hydrogens is 724 g/mol. The van der Waals surface area contributed by atoms with E-state index in [2.05, 4.69) is 33.7 Å². The topological polar surface area (TPSA) is 85.4 Å². The molecule has 0 amide bonds. The van der Waals surface area contributed by atoms with Crippen molar-refractivity contribution in [2.24, 2.45) is 0 Å². The van der Waals surface area contributed by atoms with Gasteiger partial charge in [0.2, 0.25) is 10.9 Å². The maximum atomic E-state index is 12.4. The van der Waals surface area contributed by atoms with Gasteiger partial charge in [-0.3, -0.25) is 9.59 Å². The number of hydrogen-bond acceptors (Lipinski definition) is 10. The molecule has 0 bridgehead atoms. The predicted octanol–water partition coefficient (Wildman–Crippen LogP) is 7.21. The predicted molar refractivity (Wildman–Crippen MR) is 201 cm³/mol. The summed E-state index contributed by atoms with van der Waals surface area (Å²) in [5.41, 5.74) is 3.85. The van der Waals surface area contributed by atoms with Gasteiger partial charge in [0.25, 0.3) is 0 Å². The van der Waals surface area contributed by atoms with Crippen LogP contribution >= 0.6 is 38.6 Å². The van der Waals surface area contributed by atoms with Crippen molar-refractivity contribution < 1.29 is 18.3 Å². The van der Waals surface area contributed by atoms with Crippen molar-refractivity contribution in [3.63, 3.8) is 0 Å². The first-order chi connectivity index (χ1) is 24.0. The average Bonchev–Trinajstić information content (AvgIpc) is 3.76. The Hall–Kier alpha value is -4.62. The second kappa shape index (κ2) is 16.7. The van der Waals surface area contributed by atoms with Crippen molar-refractivity contribution in [3.8, 4) is 24.2 Å². The van der Waals surface area contributed by atoms with Crippen LogP contribution in [-0.2, 0) is 9.47 Å². The highest BCUT2D eigenvalue weighted by Crippen LogP contribution is 2.31. The lowest BCUT2D eigenvalue weighted by atomic mass is 10.2. The van der Waals surface area contributed by atoms with Gasteiger partial charge in [0.1, 0.15) is 9.40 Å². The van der Waals surface area contributed by atoms with E-state index in [-0.39, 0.29) is 10.9 Å². The summed E-state index contributed by atoms with van der Waals surface area (Å²) in [7, 11) is 0. The zero-order chi connectivity index (χ0) is 34.0. The van der Waals surface area contributed by atoms with Crippen molar-refractivity contribution >= 4 is 70.9 Å². The molecule has 0 atom stereocenters. The van der Waals surface area contributed by atoms with Gasteiger partial charge < -0.3 is 28.1 Å². The zero-order valence-corrected chi connectivity index (χ0v) is 29.6. The smallest absolute Gasteiger partial charge is 0.204 e. The van der Waals surface area contributed by atoms with E-state index in [1.54, 1.807) is 12.1 Å². The Bertz CT molecular complexity index is 2230. The first-order valence-electron chi connectivity index (χ1n) is 15.5. The van der Waals surface area contributed by atoms with E-state index in [0.29, 0.717) is 58.8 Å². The Balaban J connectivity index is 0.000000144. The third-order valence-electron chi connectivity index (χ3n) is 7.52. The monoisotopic (exact) mass is 754 g/mol. The highest BCUT2D eigenvalue weighted by Gasteiger charge is 2.18. The summed E-state index contributed by atoms with van der Waals surface area (Å²) in [5, 5.41) is 3.76. The molecule has 8 nitrogen and oxygen atoms in total. The van der Waals surface area contributed by atoms with Gasteiger partial charge in [0, 0.05) is 60.2 Å². The minimum atomic E-state index is -0.0181. The number of rotatable bonds is 2. The van der Waals surface area contributed by atoms with Crippen LogP contribution in [0.1, 0.15) is 16.7 Å². The fraction of sp³-hybridized carbons (Fsp3) is 0.211. The number of anilines is 2. The Morgan fingerprint density at radius 3 is 1.67 bits per heavy atom. The molecule has 2 aliphatic heterocycles. The van der Waals surface area contributed by atoms with Crippen LogP contribution in [0.2, 0.25) is 0 Å². The standard InChI is InChI=1S/C19H15NO3S.C11H10BrNO3S.C8H6/c21-16-12-17(20-8-10-22-11-9-20)23-18-15(13-24-19(16)18)7-6-14-4-2-1-3-5-14;12-7-6-17-11-8(14)5-9(16-10(7)11)13-1-3-15-4-2-13;1-2-8-6-4-3-5-7-8/h1-5,12-13H,8-11H2;5-6H,1-4H2;1,3-7H. The second-order valence-electron chi connectivity index (χ2n) is 10.8. The molecule has 0 N–H and O–H groups in total. The number of thiophene rings is 2. The van der Waals surface area contributed by atoms with Crippen molar-refractivity contribution in [2.75, 3.05) is 62.4 Å². The number of morpholine rings is 2. The summed E-state index contributed by atoms with van der Waals surface area (Å²) in [6.07, 6.45) is 5.10. The normalized spacial score (nSPS) is 14.1. The Morgan fingerprint density at radius 2 is 1.14 bits per heavy atom. The SMILES string of the molecule is C#Cc1ccccc1.O=c1cc(N2CCOCC2)oc2c(Br)csc12.O=c1cc(N2CCOCC2)oc2c(C#Cc3ccccc3)csc12. The van der Waals surface area contributed by atoms with Gasteiger partial charge in [-0.15, -0.1) is 29.1 Å². The maximum absolute atomic E-state index is 12.4. The van der Waals surface area contributed by atoms with Crippen molar-refractivity contribution in [2.45, 2.75) is 0 Å². The van der Waals surface area contributed by atoms with Crippen molar-refractivity contribution in [3.05, 3.63) is 125 Å². The molecule has 2 saturated heterocycles. The third-order valence-corrected chi connectivity index (χ3v) is 10.4. The van der Waals surface area contributed by atoms with E-state index in [4.69, 9.17) is 24.7 Å². The zero-order valence-electron chi connectivity index (χ0n) is 26.4. The van der Waals surface area contributed by atoms with Gasteiger partial charge in [-0.1, -0.05) is 54.2 Å². The van der Waals surface area contributed by atoms with Gasteiger partial charge in [-0.2, -0.15) is 0 Å². The maximum Gasteiger partial charge on any atom is 0.204 e. The highest BCUT2D eigenvalue weighted by atomic mass is 79.9. The van der Waals surface area contributed by atoms with E-state index >= 15 is 0 Å². The van der Waals surface area contributed by atoms with E-state index in [1.807, 2.05) is 81.2 Å². The van der Waals surface area contributed by atoms with Crippen LogP contribution < -0.4 is 20.7 Å². The molecule has 0 unspecified atom stereocenters. The first-order valence-corrected chi connectivity index (χ1v) is 18.1. The Kier molecular flexibility index (Phi) is 11.6. The number of terminal acetylenes is 1. The molecule has 6 heterocycles. The lowest BCUT2D eigenvalue weighted by Gasteiger charge is -2.26. The number of nitrogens with zero attached hydrogens (tertiary/aromatic N) is 2. The molecule has 0 spiro atoms. The molecule has 0 saturated carbocycles. The van der Waals surface area contributed by atoms with Gasteiger partial charge in [-0.05, 0) is 40.2 Å². The summed E-state index contributed by atoms with van der Waals surface area (Å²) in [6, 6.07) is 22.5. The van der Waals surface area contributed by atoms with Gasteiger partial charge in [0.05, 0.1) is 36.5 Å². The number of halogens is 1. The molecule has 0 aliphatic carbocycles. The molecule has 4 aromatic heterocycles. The van der Waals surface area contributed by atoms with Crippen molar-refractivity contribution in [1.82, 2.24) is 0 Å². The highest BCUT2D eigenvalue weighted by molar-refractivity contribution is 9.10. The molecule has 49 heavy (non-hydrogen) atoms. The fourth-order valence-corrected chi connectivity index (χ4v) is 7.28. The lowest BCUT2D eigenvalue weighted by molar-refractivity contribution is 0.120. The minimum absolute atomic E-state index is 0.0171. The summed E-state index contributed by atoms with van der Waals surface area (Å²) >= 11 is 6.17. The van der Waals surface area contributed by atoms with Crippen LogP contribution in [0.25, 0.3) is 20.6 Å². The van der Waals surface area contributed by atoms with E-state index in [9.17, 15) is 9.59 Å². The Labute approximate surface area is 299 Å². The van der Waals surface area contributed by atoms with E-state index < -0.39 is 0 Å². The quantitative estimate of drug-likeness (QED) is 0.172. The first kappa shape index (κ1) is 34.3. The molecule has 6 aromatic rings. The largest absolute Gasteiger partial charge is 0.438 e. The molecule has 0 radical (unpaired) electrons. The summed E-state index contributed by atoms with van der Waals surface area (Å²) in [4.78, 5) is 28.4. The van der Waals surface area contributed by atoms with Crippen LogP contribution in [0.15, 0.2) is 106 Å². The molecule has 2 fully saturated rings. The van der Waals surface area contributed by atoms with Crippen LogP contribution in [0.5, 0.6) is 0 Å². The number of ether oxygens (including phenoxy) is 2. The Morgan fingerprint density at radius 1 is 0.653 bits per heavy atom. The number of benzene rings is 2. The van der Waals surface area contributed by atoms with Crippen molar-refractivity contribution in [1.29, 1.82) is 0 Å². The summed E-state index contributed by atoms with van der Waals surface area (Å²) in [5.74, 6) is 10.00. The summed E-state index contributed by atoms with van der Waals surface area (Å²) in [6.45, 7) is 5.61. The van der Waals surface area contributed by atoms with Crippen LogP contribution in [0.4, 0.5) is 11.8 Å². The van der Waals surface area contributed by atoms with Gasteiger partial charge in [0.15, 0.2) is 22.9 Å². The molecule has 2 aromatic carbocycles. The molecule has 248 valence electrons. The molecule has 11 heteroatoms. The van der Waals surface area contributed by atoms with Crippen LogP contribution in [-0.4, -0.2) is 52.6 Å². The van der Waals surface area contributed by atoms with E-state index in [1.165, 1.54) is 22.7 Å². The number of fused-ring (bicyclic) bond motifs is 2. The molecule has 8 rings (SSSR count). The lowest BCUT2D eigenvalue weighted by Crippen LogP contribution is -2.36. The number of hydrogen-bond donors (Lipinski definition) is 0. The molecule has 2 aliphatic rings. The average molecular weight is 756 g/mol. The fourth-order valence-electron chi connectivity index (χ4n) is 4.99. The third kappa shape index (κ3) is 8.70. The van der Waals surface area contributed by atoms with Crippen LogP contribution in [0, 0.1) is 24.2 Å². The summed E-state index contributed by atoms with van der Waals surface area (Å²) < 4.78 is 24.6. The molecular formula is C38H31BrN2O6S2. The van der Waals surface area contributed by atoms with Gasteiger partial charge in [-0.25, -0.2) is 0 Å². The second-order valence-corrected chi connectivity index (χ2v) is 13.4. The minimum Gasteiger partial charge on any atom is -0.438 e. The van der Waals surface area contributed by atoms with Gasteiger partial charge >= 0.3 is 0 Å². The van der Waals surface area contributed by atoms with E-state index in [0.717, 1.165) is 47.3 Å².